The molecule has 0 radical (unpaired) electrons. The Balaban J connectivity index is 2.46. The summed E-state index contributed by atoms with van der Waals surface area (Å²) in [5.74, 6) is -0.813. The summed E-state index contributed by atoms with van der Waals surface area (Å²) in [7, 11) is 1.38. The van der Waals surface area contributed by atoms with Crippen molar-refractivity contribution in [2.45, 2.75) is 13.8 Å². The molecule has 0 unspecified atom stereocenters. The number of hydrogen-bond donors (Lipinski definition) is 0. The molecule has 0 fully saturated rings. The summed E-state index contributed by atoms with van der Waals surface area (Å²) in [6.07, 6.45) is 0. The van der Waals surface area contributed by atoms with Crippen LogP contribution < -0.4 is 4.74 Å². The Morgan fingerprint density at radius 3 is 2.61 bits per heavy atom. The zero-order valence-electron chi connectivity index (χ0n) is 10.4. The van der Waals surface area contributed by atoms with Gasteiger partial charge in [-0.15, -0.1) is 11.3 Å². The topological polar surface area (TPSA) is 26.3 Å². The summed E-state index contributed by atoms with van der Waals surface area (Å²) in [5, 5.41) is 0. The van der Waals surface area contributed by atoms with E-state index < -0.39 is 5.82 Å². The Hall–Kier alpha value is -1.68. The lowest BCUT2D eigenvalue weighted by Gasteiger charge is -2.05. The lowest BCUT2D eigenvalue weighted by atomic mass is 10.1. The smallest absolute Gasteiger partial charge is 0.206 e. The highest BCUT2D eigenvalue weighted by Crippen LogP contribution is 2.27. The first kappa shape index (κ1) is 12.8. The summed E-state index contributed by atoms with van der Waals surface area (Å²) in [5.41, 5.74) is 1.10. The number of ketones is 1. The number of halogens is 1. The molecule has 18 heavy (non-hydrogen) atoms. The van der Waals surface area contributed by atoms with Crippen LogP contribution in [0.2, 0.25) is 0 Å². The van der Waals surface area contributed by atoms with Gasteiger partial charge in [0.2, 0.25) is 5.78 Å². The van der Waals surface area contributed by atoms with Crippen LogP contribution in [0.3, 0.4) is 0 Å². The fourth-order valence-corrected chi connectivity index (χ4v) is 2.65. The highest BCUT2D eigenvalue weighted by atomic mass is 32.1. The largest absolute Gasteiger partial charge is 0.494 e. The van der Waals surface area contributed by atoms with Crippen LogP contribution in [-0.4, -0.2) is 12.9 Å². The molecule has 0 atom stereocenters. The third kappa shape index (κ3) is 2.16. The van der Waals surface area contributed by atoms with E-state index in [4.69, 9.17) is 4.74 Å². The van der Waals surface area contributed by atoms with Crippen LogP contribution >= 0.6 is 11.3 Å². The third-order valence-corrected chi connectivity index (χ3v) is 3.97. The zero-order chi connectivity index (χ0) is 13.3. The second-order valence-corrected chi connectivity index (χ2v) is 5.26. The number of ether oxygens (including phenoxy) is 1. The molecule has 0 saturated heterocycles. The van der Waals surface area contributed by atoms with Gasteiger partial charge >= 0.3 is 0 Å². The fraction of sp³-hybridized carbons (Fsp3) is 0.214. The molecule has 0 aliphatic heterocycles. The van der Waals surface area contributed by atoms with E-state index in [9.17, 15) is 9.18 Å². The quantitative estimate of drug-likeness (QED) is 0.789. The number of methoxy groups -OCH3 is 1. The minimum Gasteiger partial charge on any atom is -0.494 e. The zero-order valence-corrected chi connectivity index (χ0v) is 11.2. The van der Waals surface area contributed by atoms with Crippen molar-refractivity contribution in [3.63, 3.8) is 0 Å². The second-order valence-electron chi connectivity index (χ2n) is 4.00. The highest BCUT2D eigenvalue weighted by Gasteiger charge is 2.19. The van der Waals surface area contributed by atoms with Gasteiger partial charge in [0.1, 0.15) is 0 Å². The Bertz CT molecular complexity index is 582. The molecule has 94 valence electrons. The van der Waals surface area contributed by atoms with E-state index in [1.165, 1.54) is 30.6 Å². The molecule has 0 saturated carbocycles. The van der Waals surface area contributed by atoms with Gasteiger partial charge < -0.3 is 4.74 Å². The Labute approximate surface area is 109 Å². The lowest BCUT2D eigenvalue weighted by Crippen LogP contribution is -2.03. The Morgan fingerprint density at radius 2 is 2.06 bits per heavy atom. The van der Waals surface area contributed by atoms with Crippen LogP contribution in [0, 0.1) is 19.7 Å². The summed E-state index contributed by atoms with van der Waals surface area (Å²) >= 11 is 1.38. The maximum absolute atomic E-state index is 14.0. The number of carbonyl (C=O) groups excluding carboxylic acids is 1. The minimum absolute atomic E-state index is 0.0515. The van der Waals surface area contributed by atoms with Gasteiger partial charge in [-0.3, -0.25) is 4.79 Å². The van der Waals surface area contributed by atoms with Crippen molar-refractivity contribution < 1.29 is 13.9 Å². The van der Waals surface area contributed by atoms with E-state index in [0.717, 1.165) is 10.4 Å². The summed E-state index contributed by atoms with van der Waals surface area (Å²) in [4.78, 5) is 13.8. The molecule has 1 heterocycles. The monoisotopic (exact) mass is 264 g/mol. The molecule has 0 aliphatic carbocycles. The SMILES string of the molecule is COc1cccc(C(=O)c2cc(C)c(C)s2)c1F. The molecule has 1 aromatic carbocycles. The van der Waals surface area contributed by atoms with Crippen LogP contribution in [0.15, 0.2) is 24.3 Å². The molecule has 0 aliphatic rings. The lowest BCUT2D eigenvalue weighted by molar-refractivity contribution is 0.103. The maximum atomic E-state index is 14.0. The normalized spacial score (nSPS) is 10.4. The number of aryl methyl sites for hydroxylation is 2. The third-order valence-electron chi connectivity index (χ3n) is 2.82. The van der Waals surface area contributed by atoms with Gasteiger partial charge in [0.25, 0.3) is 0 Å². The number of benzene rings is 1. The van der Waals surface area contributed by atoms with E-state index in [0.29, 0.717) is 4.88 Å². The molecule has 2 nitrogen and oxygen atoms in total. The van der Waals surface area contributed by atoms with Gasteiger partial charge in [-0.1, -0.05) is 6.07 Å². The van der Waals surface area contributed by atoms with Crippen molar-refractivity contribution >= 4 is 17.1 Å². The highest BCUT2D eigenvalue weighted by molar-refractivity contribution is 7.14. The van der Waals surface area contributed by atoms with Crippen LogP contribution in [0.25, 0.3) is 0 Å². The molecule has 0 bridgehead atoms. The average Bonchev–Trinajstić information content (AvgIpc) is 2.69. The van der Waals surface area contributed by atoms with Crippen molar-refractivity contribution in [1.82, 2.24) is 0 Å². The molecule has 0 amide bonds. The molecule has 2 aromatic rings. The van der Waals surface area contributed by atoms with Crippen molar-refractivity contribution in [3.8, 4) is 5.75 Å². The van der Waals surface area contributed by atoms with Crippen LogP contribution in [0.4, 0.5) is 4.39 Å². The Morgan fingerprint density at radius 1 is 1.33 bits per heavy atom. The molecular weight excluding hydrogens is 251 g/mol. The van der Waals surface area contributed by atoms with Gasteiger partial charge in [0, 0.05) is 4.88 Å². The molecule has 2 rings (SSSR count). The maximum Gasteiger partial charge on any atom is 0.206 e. The number of carbonyl (C=O) groups is 1. The average molecular weight is 264 g/mol. The van der Waals surface area contributed by atoms with Gasteiger partial charge in [-0.05, 0) is 37.6 Å². The Kier molecular flexibility index (Phi) is 3.48. The van der Waals surface area contributed by atoms with Crippen molar-refractivity contribution in [2.75, 3.05) is 7.11 Å². The van der Waals surface area contributed by atoms with Crippen LogP contribution in [0.5, 0.6) is 5.75 Å². The van der Waals surface area contributed by atoms with E-state index in [2.05, 4.69) is 0 Å². The fourth-order valence-electron chi connectivity index (χ4n) is 1.66. The van der Waals surface area contributed by atoms with Gasteiger partial charge in [-0.25, -0.2) is 4.39 Å². The van der Waals surface area contributed by atoms with Gasteiger partial charge in [-0.2, -0.15) is 0 Å². The summed E-state index contributed by atoms with van der Waals surface area (Å²) in [6.45, 7) is 3.88. The van der Waals surface area contributed by atoms with E-state index in [1.807, 2.05) is 13.8 Å². The van der Waals surface area contributed by atoms with Gasteiger partial charge in [0.15, 0.2) is 11.6 Å². The number of rotatable bonds is 3. The van der Waals surface area contributed by atoms with Crippen molar-refractivity contribution in [2.24, 2.45) is 0 Å². The molecular formula is C14H13FO2S. The number of hydrogen-bond acceptors (Lipinski definition) is 3. The molecule has 0 spiro atoms. The summed E-state index contributed by atoms with van der Waals surface area (Å²) in [6, 6.07) is 6.38. The molecule has 0 N–H and O–H groups in total. The predicted octanol–water partition coefficient (Wildman–Crippen LogP) is 3.74. The summed E-state index contributed by atoms with van der Waals surface area (Å²) < 4.78 is 18.9. The van der Waals surface area contributed by atoms with E-state index in [1.54, 1.807) is 12.1 Å². The van der Waals surface area contributed by atoms with Crippen LogP contribution in [0.1, 0.15) is 25.7 Å². The predicted molar refractivity (Wildman–Crippen MR) is 70.2 cm³/mol. The van der Waals surface area contributed by atoms with Crippen LogP contribution in [-0.2, 0) is 0 Å². The first-order valence-electron chi connectivity index (χ1n) is 5.49. The van der Waals surface area contributed by atoms with Crippen molar-refractivity contribution in [1.29, 1.82) is 0 Å². The van der Waals surface area contributed by atoms with E-state index in [-0.39, 0.29) is 17.1 Å². The molecule has 4 heteroatoms. The first-order chi connectivity index (χ1) is 8.54. The first-order valence-corrected chi connectivity index (χ1v) is 6.30. The second kappa shape index (κ2) is 4.90. The molecule has 1 aromatic heterocycles. The van der Waals surface area contributed by atoms with Gasteiger partial charge in [0.05, 0.1) is 17.6 Å². The standard InChI is InChI=1S/C14H13FO2S/c1-8-7-12(18-9(8)2)14(16)10-5-4-6-11(17-3)13(10)15/h4-7H,1-3H3. The van der Waals surface area contributed by atoms with E-state index >= 15 is 0 Å². The minimum atomic E-state index is -0.603. The number of thiophene rings is 1. The van der Waals surface area contributed by atoms with Crippen molar-refractivity contribution in [3.05, 3.63) is 51.0 Å².